The maximum Gasteiger partial charge on any atom is 0.264 e. The summed E-state index contributed by atoms with van der Waals surface area (Å²) in [5.41, 5.74) is 1.55. The van der Waals surface area contributed by atoms with Gasteiger partial charge in [0.25, 0.3) is 5.91 Å². The molecule has 0 atom stereocenters. The summed E-state index contributed by atoms with van der Waals surface area (Å²) in [4.78, 5) is 21.2. The van der Waals surface area contributed by atoms with Crippen LogP contribution in [0.4, 0.5) is 9.52 Å². The van der Waals surface area contributed by atoms with Crippen molar-refractivity contribution in [2.45, 2.75) is 6.92 Å². The summed E-state index contributed by atoms with van der Waals surface area (Å²) in [5.74, 6) is -1.16. The molecule has 27 heavy (non-hydrogen) atoms. The summed E-state index contributed by atoms with van der Waals surface area (Å²) in [6, 6.07) is 7.85. The van der Waals surface area contributed by atoms with Crippen molar-refractivity contribution in [3.8, 4) is 0 Å². The fourth-order valence-electron chi connectivity index (χ4n) is 2.68. The number of benzene rings is 2. The second-order valence-corrected chi connectivity index (χ2v) is 8.28. The van der Waals surface area contributed by atoms with Gasteiger partial charge in [0, 0.05) is 18.1 Å². The number of carbonyl (C=O) groups is 1. The normalized spacial score (nSPS) is 11.4. The number of hydrogen-bond donors (Lipinski definition) is 0. The molecule has 0 N–H and O–H groups in total. The van der Waals surface area contributed by atoms with Crippen molar-refractivity contribution in [2.24, 2.45) is 0 Å². The molecule has 0 unspecified atom stereocenters. The van der Waals surface area contributed by atoms with E-state index in [2.05, 4.69) is 4.98 Å². The van der Waals surface area contributed by atoms with E-state index < -0.39 is 11.7 Å². The Kier molecular flexibility index (Phi) is 6.01. The zero-order chi connectivity index (χ0) is 19.7. The largest absolute Gasteiger partial charge is 0.308 e. The number of carbonyl (C=O) groups excluding carboxylic acids is 1. The molecule has 0 aliphatic rings. The van der Waals surface area contributed by atoms with Crippen LogP contribution in [0.5, 0.6) is 0 Å². The zero-order valence-corrected chi connectivity index (χ0v) is 17.4. The summed E-state index contributed by atoms with van der Waals surface area (Å²) in [6.07, 6.45) is 0. The Morgan fingerprint density at radius 1 is 1.22 bits per heavy atom. The minimum atomic E-state index is -0.650. The lowest BCUT2D eigenvalue weighted by atomic mass is 10.2. The van der Waals surface area contributed by atoms with Gasteiger partial charge in [0.15, 0.2) is 5.13 Å². The van der Waals surface area contributed by atoms with Crippen molar-refractivity contribution in [2.75, 3.05) is 32.1 Å². The number of anilines is 1. The number of halogens is 3. The second-order valence-electron chi connectivity index (χ2n) is 6.42. The molecule has 1 heterocycles. The Labute approximate surface area is 171 Å². The van der Waals surface area contributed by atoms with Gasteiger partial charge in [0.2, 0.25) is 0 Å². The van der Waals surface area contributed by atoms with Gasteiger partial charge in [-0.3, -0.25) is 9.69 Å². The molecule has 0 spiro atoms. The van der Waals surface area contributed by atoms with Crippen LogP contribution in [0.25, 0.3) is 10.2 Å². The molecule has 2 aromatic carbocycles. The van der Waals surface area contributed by atoms with Crippen molar-refractivity contribution < 1.29 is 9.18 Å². The van der Waals surface area contributed by atoms with Gasteiger partial charge in [-0.15, -0.1) is 0 Å². The zero-order valence-electron chi connectivity index (χ0n) is 15.1. The van der Waals surface area contributed by atoms with Crippen LogP contribution in [0.2, 0.25) is 10.0 Å². The third kappa shape index (κ3) is 4.24. The topological polar surface area (TPSA) is 36.4 Å². The van der Waals surface area contributed by atoms with E-state index in [1.807, 2.05) is 38.1 Å². The molecule has 1 amide bonds. The molecule has 3 aromatic rings. The Morgan fingerprint density at radius 3 is 2.63 bits per heavy atom. The van der Waals surface area contributed by atoms with Crippen LogP contribution < -0.4 is 4.90 Å². The molecule has 0 radical (unpaired) electrons. The van der Waals surface area contributed by atoms with E-state index in [0.29, 0.717) is 23.2 Å². The quantitative estimate of drug-likeness (QED) is 0.559. The monoisotopic (exact) mass is 425 g/mol. The molecule has 0 aliphatic heterocycles. The van der Waals surface area contributed by atoms with Crippen LogP contribution in [0, 0.1) is 12.7 Å². The highest BCUT2D eigenvalue weighted by Crippen LogP contribution is 2.34. The SMILES string of the molecule is Cc1cc(Cl)cc2sc(N(CCN(C)C)C(=O)c3c(F)cccc3Cl)nc12. The number of nitrogens with zero attached hydrogens (tertiary/aromatic N) is 3. The van der Waals surface area contributed by atoms with Gasteiger partial charge < -0.3 is 4.90 Å². The number of thiazole rings is 1. The molecule has 0 bridgehead atoms. The minimum absolute atomic E-state index is 0.0789. The van der Waals surface area contributed by atoms with E-state index in [1.54, 1.807) is 0 Å². The fraction of sp³-hybridized carbons (Fsp3) is 0.263. The number of rotatable bonds is 5. The van der Waals surface area contributed by atoms with Gasteiger partial charge in [0.05, 0.1) is 20.8 Å². The first-order valence-corrected chi connectivity index (χ1v) is 9.82. The molecule has 0 saturated heterocycles. The van der Waals surface area contributed by atoms with E-state index in [4.69, 9.17) is 23.2 Å². The maximum atomic E-state index is 14.3. The Morgan fingerprint density at radius 2 is 1.96 bits per heavy atom. The lowest BCUT2D eigenvalue weighted by molar-refractivity contribution is 0.0981. The molecule has 0 fully saturated rings. The molecule has 142 valence electrons. The summed E-state index contributed by atoms with van der Waals surface area (Å²) >= 11 is 13.6. The summed E-state index contributed by atoms with van der Waals surface area (Å²) in [5, 5.41) is 1.18. The van der Waals surface area contributed by atoms with Crippen LogP contribution in [0.15, 0.2) is 30.3 Å². The predicted octanol–water partition coefficient (Wildman–Crippen LogP) is 5.26. The third-order valence-corrected chi connectivity index (χ3v) is 5.62. The average Bonchev–Trinajstić information content (AvgIpc) is 2.98. The second kappa shape index (κ2) is 8.10. The smallest absolute Gasteiger partial charge is 0.264 e. The van der Waals surface area contributed by atoms with Crippen molar-refractivity contribution in [3.05, 3.63) is 57.3 Å². The molecule has 1 aromatic heterocycles. The fourth-order valence-corrected chi connectivity index (χ4v) is 4.37. The summed E-state index contributed by atoms with van der Waals surface area (Å²) < 4.78 is 15.2. The van der Waals surface area contributed by atoms with Gasteiger partial charge in [0.1, 0.15) is 5.82 Å². The van der Waals surface area contributed by atoms with Crippen molar-refractivity contribution in [1.82, 2.24) is 9.88 Å². The van der Waals surface area contributed by atoms with Gasteiger partial charge in [-0.1, -0.05) is 40.6 Å². The molecule has 3 rings (SSSR count). The average molecular weight is 426 g/mol. The maximum absolute atomic E-state index is 14.3. The van der Waals surface area contributed by atoms with E-state index in [0.717, 1.165) is 15.8 Å². The molecule has 0 saturated carbocycles. The first-order valence-electron chi connectivity index (χ1n) is 8.25. The summed E-state index contributed by atoms with van der Waals surface area (Å²) in [6.45, 7) is 2.86. The van der Waals surface area contributed by atoms with Crippen LogP contribution in [-0.2, 0) is 0 Å². The van der Waals surface area contributed by atoms with Crippen LogP contribution >= 0.6 is 34.5 Å². The van der Waals surface area contributed by atoms with E-state index in [9.17, 15) is 9.18 Å². The molecular formula is C19H18Cl2FN3OS. The number of fused-ring (bicyclic) bond motifs is 1. The number of aryl methyl sites for hydroxylation is 1. The molecule has 8 heteroatoms. The third-order valence-electron chi connectivity index (χ3n) is 4.06. The first-order chi connectivity index (χ1) is 12.8. The number of likely N-dealkylation sites (N-methyl/N-ethyl adjacent to an activating group) is 1. The van der Waals surface area contributed by atoms with E-state index in [1.165, 1.54) is 34.4 Å². The van der Waals surface area contributed by atoms with Gasteiger partial charge in [-0.05, 0) is 50.8 Å². The summed E-state index contributed by atoms with van der Waals surface area (Å²) in [7, 11) is 3.81. The lowest BCUT2D eigenvalue weighted by Crippen LogP contribution is -2.37. The standard InChI is InChI=1S/C19H18Cl2FN3OS/c1-11-9-12(20)10-15-17(11)23-19(27-15)25(8-7-24(2)3)18(26)16-13(21)5-4-6-14(16)22/h4-6,9-10H,7-8H2,1-3H3. The molecular weight excluding hydrogens is 408 g/mol. The Hall–Kier alpha value is -1.73. The van der Waals surface area contributed by atoms with Crippen molar-refractivity contribution in [3.63, 3.8) is 0 Å². The Bertz CT molecular complexity index is 986. The molecule has 0 aliphatic carbocycles. The van der Waals surface area contributed by atoms with Crippen LogP contribution in [0.1, 0.15) is 15.9 Å². The first kappa shape index (κ1) is 20.0. The van der Waals surface area contributed by atoms with Gasteiger partial charge in [-0.2, -0.15) is 0 Å². The highest BCUT2D eigenvalue weighted by Gasteiger charge is 2.26. The number of aromatic nitrogens is 1. The number of hydrogen-bond acceptors (Lipinski definition) is 4. The van der Waals surface area contributed by atoms with Crippen LogP contribution in [0.3, 0.4) is 0 Å². The van der Waals surface area contributed by atoms with Gasteiger partial charge >= 0.3 is 0 Å². The number of amides is 1. The predicted molar refractivity (Wildman–Crippen MR) is 111 cm³/mol. The highest BCUT2D eigenvalue weighted by molar-refractivity contribution is 7.22. The minimum Gasteiger partial charge on any atom is -0.308 e. The molecule has 4 nitrogen and oxygen atoms in total. The highest BCUT2D eigenvalue weighted by atomic mass is 35.5. The van der Waals surface area contributed by atoms with Crippen molar-refractivity contribution >= 4 is 55.8 Å². The van der Waals surface area contributed by atoms with Crippen LogP contribution in [-0.4, -0.2) is 43.0 Å². The lowest BCUT2D eigenvalue weighted by Gasteiger charge is -2.22. The van der Waals surface area contributed by atoms with E-state index in [-0.39, 0.29) is 10.6 Å². The van der Waals surface area contributed by atoms with Crippen molar-refractivity contribution in [1.29, 1.82) is 0 Å². The Balaban J connectivity index is 2.08. The van der Waals surface area contributed by atoms with E-state index >= 15 is 0 Å². The van der Waals surface area contributed by atoms with Gasteiger partial charge in [-0.25, -0.2) is 9.37 Å².